The van der Waals surface area contributed by atoms with Gasteiger partial charge in [0, 0.05) is 36.6 Å². The normalized spacial score (nSPS) is 14.1. The Labute approximate surface area is 220 Å². The van der Waals surface area contributed by atoms with Crippen molar-refractivity contribution in [3.8, 4) is 22.5 Å². The van der Waals surface area contributed by atoms with Gasteiger partial charge in [0.2, 0.25) is 0 Å². The number of aromatic nitrogens is 3. The third kappa shape index (κ3) is 5.50. The minimum Gasteiger partial charge on any atom is -0.347 e. The Kier molecular flexibility index (Phi) is 6.87. The third-order valence-electron chi connectivity index (χ3n) is 6.28. The number of likely N-dealkylation sites (tertiary alicyclic amines) is 1. The van der Waals surface area contributed by atoms with Crippen molar-refractivity contribution >= 4 is 17.5 Å². The number of nitrogens with zero attached hydrogens (tertiary/aromatic N) is 3. The molecule has 12 heteroatoms. The number of hydrogen-bond acceptors (Lipinski definition) is 5. The van der Waals surface area contributed by atoms with Gasteiger partial charge in [-0.3, -0.25) is 19.7 Å². The molecule has 1 saturated heterocycles. The zero-order valence-corrected chi connectivity index (χ0v) is 20.5. The second-order valence-corrected chi connectivity index (χ2v) is 9.17. The molecule has 1 aliphatic heterocycles. The molecule has 3 N–H and O–H groups in total. The van der Waals surface area contributed by atoms with Crippen LogP contribution in [0.1, 0.15) is 26.3 Å². The number of nitrogens with one attached hydrogen (secondary N) is 3. The van der Waals surface area contributed by atoms with Crippen molar-refractivity contribution in [2.45, 2.75) is 12.2 Å². The van der Waals surface area contributed by atoms with Gasteiger partial charge in [0.05, 0.1) is 39.8 Å². The van der Waals surface area contributed by atoms with Crippen LogP contribution < -0.4 is 10.6 Å². The van der Waals surface area contributed by atoms with Crippen LogP contribution in [-0.4, -0.2) is 58.1 Å². The van der Waals surface area contributed by atoms with E-state index in [2.05, 4.69) is 25.8 Å². The molecule has 0 saturated carbocycles. The van der Waals surface area contributed by atoms with Crippen molar-refractivity contribution in [3.63, 3.8) is 0 Å². The van der Waals surface area contributed by atoms with Crippen molar-refractivity contribution in [2.75, 3.05) is 25.5 Å². The molecule has 0 radical (unpaired) electrons. The first-order valence-corrected chi connectivity index (χ1v) is 11.9. The van der Waals surface area contributed by atoms with Crippen molar-refractivity contribution < 1.29 is 27.2 Å². The molecule has 1 fully saturated rings. The molecule has 8 nitrogen and oxygen atoms in total. The number of rotatable bonds is 6. The number of likely N-dealkylation sites (N-methyl/N-ethyl adjacent to an activating group) is 1. The van der Waals surface area contributed by atoms with Crippen LogP contribution in [0.15, 0.2) is 67.0 Å². The fourth-order valence-corrected chi connectivity index (χ4v) is 4.36. The highest BCUT2D eigenvalue weighted by molar-refractivity contribution is 6.08. The number of alkyl halides is 3. The Balaban J connectivity index is 1.52. The van der Waals surface area contributed by atoms with Crippen LogP contribution in [0.2, 0.25) is 0 Å². The van der Waals surface area contributed by atoms with Gasteiger partial charge in [-0.1, -0.05) is 30.3 Å². The molecule has 0 atom stereocenters. The number of pyridine rings is 1. The van der Waals surface area contributed by atoms with Crippen LogP contribution in [0, 0.1) is 5.82 Å². The summed E-state index contributed by atoms with van der Waals surface area (Å²) in [5, 5.41) is 11.6. The van der Waals surface area contributed by atoms with E-state index >= 15 is 0 Å². The van der Waals surface area contributed by atoms with Gasteiger partial charge >= 0.3 is 6.18 Å². The number of carbonyl (C=O) groups excluding carboxylic acids is 2. The fourth-order valence-electron chi connectivity index (χ4n) is 4.36. The lowest BCUT2D eigenvalue weighted by molar-refractivity contribution is -0.137. The summed E-state index contributed by atoms with van der Waals surface area (Å²) in [5.74, 6) is -2.79. The molecule has 5 rings (SSSR count). The van der Waals surface area contributed by atoms with Crippen LogP contribution in [0.4, 0.5) is 23.2 Å². The van der Waals surface area contributed by atoms with Gasteiger partial charge in [0.15, 0.2) is 0 Å². The molecule has 2 aromatic carbocycles. The summed E-state index contributed by atoms with van der Waals surface area (Å²) in [6, 6.07) is 12.5. The van der Waals surface area contributed by atoms with E-state index in [0.717, 1.165) is 6.07 Å². The highest BCUT2D eigenvalue weighted by Crippen LogP contribution is 2.38. The molecule has 4 aromatic rings. The van der Waals surface area contributed by atoms with Gasteiger partial charge in [0.25, 0.3) is 11.8 Å². The first-order valence-electron chi connectivity index (χ1n) is 11.9. The maximum absolute atomic E-state index is 14.9. The van der Waals surface area contributed by atoms with Gasteiger partial charge < -0.3 is 15.5 Å². The minimum atomic E-state index is -4.88. The smallest absolute Gasteiger partial charge is 0.347 e. The Bertz CT molecular complexity index is 1520. The van der Waals surface area contributed by atoms with E-state index in [1.807, 2.05) is 11.9 Å². The standard InChI is InChI=1S/C27H22F4N6O2/c1-37-13-17(14-37)34-25(38)16-9-23(24(32-12-16)15-5-3-2-4-6-15)35-26(39)19-10-18(22-7-8-33-36-22)20(11-21(19)28)27(29,30)31/h2-12,17H,13-14H2,1H3,(H,33,36)(H,34,38)(H,35,39). The molecule has 39 heavy (non-hydrogen) atoms. The highest BCUT2D eigenvalue weighted by atomic mass is 19.4. The Morgan fingerprint density at radius 2 is 1.79 bits per heavy atom. The summed E-state index contributed by atoms with van der Waals surface area (Å²) < 4.78 is 55.9. The van der Waals surface area contributed by atoms with Gasteiger partial charge in [-0.05, 0) is 31.3 Å². The van der Waals surface area contributed by atoms with Crippen LogP contribution in [0.5, 0.6) is 0 Å². The van der Waals surface area contributed by atoms with Gasteiger partial charge in [-0.2, -0.15) is 18.3 Å². The number of halogens is 4. The molecule has 2 amide bonds. The lowest BCUT2D eigenvalue weighted by Crippen LogP contribution is -2.57. The molecule has 2 aromatic heterocycles. The summed E-state index contributed by atoms with van der Waals surface area (Å²) >= 11 is 0. The van der Waals surface area contributed by atoms with E-state index in [0.29, 0.717) is 24.3 Å². The SMILES string of the molecule is CN1CC(NC(=O)c2cnc(-c3ccccc3)c(NC(=O)c3cc(-c4cc[nH]n4)c(C(F)(F)F)cc3F)c2)C1. The van der Waals surface area contributed by atoms with E-state index in [4.69, 9.17) is 0 Å². The highest BCUT2D eigenvalue weighted by Gasteiger charge is 2.36. The summed E-state index contributed by atoms with van der Waals surface area (Å²) in [4.78, 5) is 32.5. The average molecular weight is 539 g/mol. The maximum Gasteiger partial charge on any atom is 0.417 e. The molecule has 0 spiro atoms. The van der Waals surface area contributed by atoms with Gasteiger partial charge in [-0.25, -0.2) is 4.39 Å². The van der Waals surface area contributed by atoms with Crippen molar-refractivity contribution in [1.29, 1.82) is 0 Å². The Morgan fingerprint density at radius 3 is 2.44 bits per heavy atom. The molecule has 200 valence electrons. The average Bonchev–Trinajstić information content (AvgIpc) is 3.42. The molecule has 1 aliphatic rings. The number of hydrogen-bond donors (Lipinski definition) is 3. The van der Waals surface area contributed by atoms with E-state index < -0.39 is 40.5 Å². The minimum absolute atomic E-state index is 0.0314. The second kappa shape index (κ2) is 10.3. The van der Waals surface area contributed by atoms with Crippen LogP contribution in [-0.2, 0) is 6.18 Å². The topological polar surface area (TPSA) is 103 Å². The summed E-state index contributed by atoms with van der Waals surface area (Å²) in [7, 11) is 1.92. The lowest BCUT2D eigenvalue weighted by atomic mass is 9.99. The molecular weight excluding hydrogens is 516 g/mol. The quantitative estimate of drug-likeness (QED) is 0.312. The number of amides is 2. The van der Waals surface area contributed by atoms with Crippen LogP contribution in [0.25, 0.3) is 22.5 Å². The lowest BCUT2D eigenvalue weighted by Gasteiger charge is -2.36. The largest absolute Gasteiger partial charge is 0.417 e. The summed E-state index contributed by atoms with van der Waals surface area (Å²) in [6.45, 7) is 1.38. The first-order chi connectivity index (χ1) is 18.6. The van der Waals surface area contributed by atoms with E-state index in [1.54, 1.807) is 30.3 Å². The van der Waals surface area contributed by atoms with Gasteiger partial charge in [-0.15, -0.1) is 0 Å². The number of benzene rings is 2. The zero-order valence-electron chi connectivity index (χ0n) is 20.5. The molecule has 3 heterocycles. The molecule has 0 aliphatic carbocycles. The zero-order chi connectivity index (χ0) is 27.7. The number of aromatic amines is 1. The summed E-state index contributed by atoms with van der Waals surface area (Å²) in [5.41, 5.74) is -1.33. The second-order valence-electron chi connectivity index (χ2n) is 9.17. The predicted octanol–water partition coefficient (Wildman–Crippen LogP) is 4.59. The number of anilines is 1. The van der Waals surface area contributed by atoms with E-state index in [-0.39, 0.29) is 29.1 Å². The molecular formula is C27H22F4N6O2. The molecule has 0 bridgehead atoms. The van der Waals surface area contributed by atoms with Crippen molar-refractivity contribution in [1.82, 2.24) is 25.4 Å². The van der Waals surface area contributed by atoms with Crippen LogP contribution in [0.3, 0.4) is 0 Å². The van der Waals surface area contributed by atoms with E-state index in [9.17, 15) is 27.2 Å². The first kappa shape index (κ1) is 26.0. The number of H-pyrrole nitrogens is 1. The summed E-state index contributed by atoms with van der Waals surface area (Å²) in [6.07, 6.45) is -2.20. The monoisotopic (exact) mass is 538 g/mol. The van der Waals surface area contributed by atoms with Crippen LogP contribution >= 0.6 is 0 Å². The van der Waals surface area contributed by atoms with Gasteiger partial charge in [0.1, 0.15) is 5.82 Å². The third-order valence-corrected chi connectivity index (χ3v) is 6.28. The van der Waals surface area contributed by atoms with Crippen molar-refractivity contribution in [2.24, 2.45) is 0 Å². The maximum atomic E-state index is 14.9. The predicted molar refractivity (Wildman–Crippen MR) is 135 cm³/mol. The Morgan fingerprint density at radius 1 is 1.05 bits per heavy atom. The number of carbonyl (C=O) groups is 2. The van der Waals surface area contributed by atoms with Crippen molar-refractivity contribution in [3.05, 3.63) is 89.5 Å². The Hall–Kier alpha value is -4.58. The van der Waals surface area contributed by atoms with E-state index in [1.165, 1.54) is 24.5 Å². The fraction of sp³-hybridized carbons (Fsp3) is 0.185. The molecule has 0 unspecified atom stereocenters.